The molecule has 0 radical (unpaired) electrons. The number of hydrogen-bond acceptors (Lipinski definition) is 15. The Labute approximate surface area is 421 Å². The number of nitrogens with two attached hydrogens (primary N) is 4. The first-order valence-corrected chi connectivity index (χ1v) is 23.4. The zero-order chi connectivity index (χ0) is 55.7. The smallest absolute Gasteiger partial charge is 0.326 e. The van der Waals surface area contributed by atoms with Gasteiger partial charge in [-0.05, 0) is 56.9 Å². The maximum atomic E-state index is 14.0. The Kier molecular flexibility index (Phi) is 27.7. The quantitative estimate of drug-likeness (QED) is 0.0177. The van der Waals surface area contributed by atoms with Gasteiger partial charge in [0.2, 0.25) is 53.2 Å². The number of carbonyl (C=O) groups is 11. The molecule has 1 aromatic rings. The lowest BCUT2D eigenvalue weighted by Gasteiger charge is -2.29. The molecule has 1 aromatic carbocycles. The first-order valence-electron chi connectivity index (χ1n) is 23.4. The van der Waals surface area contributed by atoms with Crippen LogP contribution in [-0.2, 0) is 59.2 Å². The van der Waals surface area contributed by atoms with E-state index in [1.807, 2.05) is 0 Å². The number of carboxylic acids is 2. The van der Waals surface area contributed by atoms with Crippen LogP contribution in [0.4, 0.5) is 0 Å². The van der Waals surface area contributed by atoms with Gasteiger partial charge in [0.15, 0.2) is 5.96 Å². The van der Waals surface area contributed by atoms with Gasteiger partial charge in [-0.3, -0.25) is 52.9 Å². The molecule has 0 saturated carbocycles. The fourth-order valence-electron chi connectivity index (χ4n) is 6.80. The average Bonchev–Trinajstić information content (AvgIpc) is 3.28. The zero-order valence-corrected chi connectivity index (χ0v) is 41.7. The topological polar surface area (TPSA) is 481 Å². The molecule has 20 N–H and O–H groups in total. The Morgan fingerprint density at radius 1 is 0.548 bits per heavy atom. The molecule has 73 heavy (non-hydrogen) atoms. The standard InChI is InChI=1S/C45H73N13O15/c1-21(2)15-27(38(66)55-30(19-34(62)63)40(68)56-31(44(72)73)16-22(3)4)53-37(65)26(13-10-14-50-45(48)49)51-43(71)35(24(6)60)58-41(69)29(18-33(47)61)54-42(70)32(20-59)57-39(67)28(52-36(64)23(5)46)17-25-11-8-7-9-12-25/h7-9,11-12,21-24,26-32,35,59-60H,10,13-20,46H2,1-6H3,(H2,47,61)(H,51,71)(H,52,64)(H,53,65)(H,54,70)(H,55,66)(H,56,68)(H,57,67)(H,58,69)(H,62,63)(H,72,73)(H4,48,49,50)/t23-,24+,26-,27-,28-,29-,30-,31-,32-,35-/m0/s1. The third-order valence-corrected chi connectivity index (χ3v) is 10.5. The number of aliphatic hydroxyl groups excluding tert-OH is 2. The van der Waals surface area contributed by atoms with Gasteiger partial charge in [0.1, 0.15) is 48.3 Å². The van der Waals surface area contributed by atoms with Crippen molar-refractivity contribution in [1.82, 2.24) is 42.5 Å². The molecule has 1 rings (SSSR count). The van der Waals surface area contributed by atoms with Crippen molar-refractivity contribution in [3.63, 3.8) is 0 Å². The SMILES string of the molecule is CC(C)C[C@H](NC(=O)[C@H](CC(=O)O)NC(=O)[C@H](CC(C)C)NC(=O)[C@H](CCCN=C(N)N)NC(=O)[C@@H](NC(=O)[C@H](CC(N)=O)NC(=O)[C@H](CO)NC(=O)[C@H](Cc1ccccc1)NC(=O)[C@H](C)N)[C@@H](C)O)C(=O)O. The molecule has 0 fully saturated rings. The van der Waals surface area contributed by atoms with Crippen LogP contribution in [0, 0.1) is 11.8 Å². The van der Waals surface area contributed by atoms with Gasteiger partial charge < -0.3 is 85.9 Å². The minimum Gasteiger partial charge on any atom is -0.481 e. The molecule has 0 spiro atoms. The first kappa shape index (κ1) is 63.6. The van der Waals surface area contributed by atoms with E-state index in [0.29, 0.717) is 5.56 Å². The highest BCUT2D eigenvalue weighted by Crippen LogP contribution is 2.11. The Bertz CT molecular complexity index is 2100. The summed E-state index contributed by atoms with van der Waals surface area (Å²) in [4.78, 5) is 148. The number of rotatable bonds is 33. The summed E-state index contributed by atoms with van der Waals surface area (Å²) < 4.78 is 0. The molecule has 0 unspecified atom stereocenters. The molecule has 0 aliphatic heterocycles. The van der Waals surface area contributed by atoms with Crippen LogP contribution in [-0.4, -0.2) is 165 Å². The highest BCUT2D eigenvalue weighted by atomic mass is 16.4. The lowest BCUT2D eigenvalue weighted by molar-refractivity contribution is -0.144. The van der Waals surface area contributed by atoms with Crippen molar-refractivity contribution in [3.8, 4) is 0 Å². The number of nitrogens with one attached hydrogen (secondary N) is 8. The number of aliphatic hydroxyl groups is 2. The number of aliphatic imine (C=N–C) groups is 1. The average molecular weight is 1040 g/mol. The maximum absolute atomic E-state index is 14.0. The molecule has 28 heteroatoms. The van der Waals surface area contributed by atoms with Crippen molar-refractivity contribution in [2.45, 2.75) is 147 Å². The van der Waals surface area contributed by atoms with Crippen molar-refractivity contribution < 1.29 is 73.2 Å². The number of carbonyl (C=O) groups excluding carboxylic acids is 9. The monoisotopic (exact) mass is 1040 g/mol. The Hall–Kier alpha value is -7.46. The second-order valence-corrected chi connectivity index (χ2v) is 18.1. The molecule has 0 aliphatic carbocycles. The Morgan fingerprint density at radius 2 is 0.986 bits per heavy atom. The molecule has 0 saturated heterocycles. The summed E-state index contributed by atoms with van der Waals surface area (Å²) in [7, 11) is 0. The Morgan fingerprint density at radius 3 is 1.48 bits per heavy atom. The summed E-state index contributed by atoms with van der Waals surface area (Å²) in [5.74, 6) is -13.5. The van der Waals surface area contributed by atoms with Gasteiger partial charge in [-0.25, -0.2) is 4.79 Å². The lowest BCUT2D eigenvalue weighted by Crippen LogP contribution is -2.62. The van der Waals surface area contributed by atoms with E-state index in [-0.39, 0.29) is 56.4 Å². The van der Waals surface area contributed by atoms with Crippen molar-refractivity contribution in [3.05, 3.63) is 35.9 Å². The molecule has 408 valence electrons. The van der Waals surface area contributed by atoms with E-state index < -0.39 is 145 Å². The third-order valence-electron chi connectivity index (χ3n) is 10.5. The summed E-state index contributed by atoms with van der Waals surface area (Å²) >= 11 is 0. The van der Waals surface area contributed by atoms with Gasteiger partial charge >= 0.3 is 11.9 Å². The molecule has 9 amide bonds. The number of benzene rings is 1. The first-order chi connectivity index (χ1) is 34.1. The number of nitrogens with zero attached hydrogens (tertiary/aromatic N) is 1. The normalized spacial score (nSPS) is 15.2. The van der Waals surface area contributed by atoms with Crippen LogP contribution in [0.2, 0.25) is 0 Å². The molecule has 28 nitrogen and oxygen atoms in total. The van der Waals surface area contributed by atoms with Crippen molar-refractivity contribution in [2.24, 2.45) is 39.8 Å². The van der Waals surface area contributed by atoms with Crippen LogP contribution < -0.4 is 65.5 Å². The maximum Gasteiger partial charge on any atom is 0.326 e. The lowest BCUT2D eigenvalue weighted by atomic mass is 10.0. The minimum atomic E-state index is -1.94. The minimum absolute atomic E-state index is 0.00574. The van der Waals surface area contributed by atoms with Gasteiger partial charge in [-0.1, -0.05) is 58.0 Å². The fourth-order valence-corrected chi connectivity index (χ4v) is 6.80. The fraction of sp³-hybridized carbons (Fsp3) is 0.600. The number of amides is 9. The van der Waals surface area contributed by atoms with Crippen LogP contribution in [0.1, 0.15) is 85.6 Å². The van der Waals surface area contributed by atoms with Crippen LogP contribution in [0.3, 0.4) is 0 Å². The van der Waals surface area contributed by atoms with Gasteiger partial charge in [-0.15, -0.1) is 0 Å². The molecule has 0 heterocycles. The summed E-state index contributed by atoms with van der Waals surface area (Å²) in [5, 5.41) is 58.5. The molecule has 0 bridgehead atoms. The van der Waals surface area contributed by atoms with Crippen LogP contribution in [0.25, 0.3) is 0 Å². The third kappa shape index (κ3) is 24.5. The van der Waals surface area contributed by atoms with E-state index in [0.717, 1.165) is 6.92 Å². The Balaban J connectivity index is 3.45. The predicted molar refractivity (Wildman–Crippen MR) is 261 cm³/mol. The number of aliphatic carboxylic acids is 2. The predicted octanol–water partition coefficient (Wildman–Crippen LogP) is -5.59. The van der Waals surface area contributed by atoms with Gasteiger partial charge in [0.25, 0.3) is 0 Å². The summed E-state index contributed by atoms with van der Waals surface area (Å²) in [6.07, 6.45) is -4.10. The van der Waals surface area contributed by atoms with E-state index in [4.69, 9.17) is 22.9 Å². The van der Waals surface area contributed by atoms with Crippen LogP contribution in [0.15, 0.2) is 35.3 Å². The largest absolute Gasteiger partial charge is 0.481 e. The number of guanidine groups is 1. The summed E-state index contributed by atoms with van der Waals surface area (Å²) in [5.41, 5.74) is 22.5. The van der Waals surface area contributed by atoms with E-state index >= 15 is 0 Å². The highest BCUT2D eigenvalue weighted by molar-refractivity contribution is 5.99. The number of hydrogen-bond donors (Lipinski definition) is 16. The van der Waals surface area contributed by atoms with E-state index in [2.05, 4.69) is 47.5 Å². The summed E-state index contributed by atoms with van der Waals surface area (Å²) in [6, 6.07) is -5.88. The van der Waals surface area contributed by atoms with Crippen molar-refractivity contribution >= 4 is 71.1 Å². The highest BCUT2D eigenvalue weighted by Gasteiger charge is 2.37. The van der Waals surface area contributed by atoms with Crippen molar-refractivity contribution in [2.75, 3.05) is 13.2 Å². The molecular formula is C45H73N13O15. The van der Waals surface area contributed by atoms with Crippen molar-refractivity contribution in [1.29, 1.82) is 0 Å². The van der Waals surface area contributed by atoms with Gasteiger partial charge in [-0.2, -0.15) is 0 Å². The van der Waals surface area contributed by atoms with Crippen LogP contribution >= 0.6 is 0 Å². The van der Waals surface area contributed by atoms with E-state index in [1.165, 1.54) is 6.92 Å². The van der Waals surface area contributed by atoms with Crippen LogP contribution in [0.5, 0.6) is 0 Å². The van der Waals surface area contributed by atoms with Gasteiger partial charge in [0.05, 0.1) is 31.6 Å². The van der Waals surface area contributed by atoms with Gasteiger partial charge in [0, 0.05) is 13.0 Å². The zero-order valence-electron chi connectivity index (χ0n) is 41.7. The number of carboxylic acid groups (broad SMARTS) is 2. The molecular weight excluding hydrogens is 963 g/mol. The number of primary amides is 1. The second-order valence-electron chi connectivity index (χ2n) is 18.1. The summed E-state index contributed by atoms with van der Waals surface area (Å²) in [6.45, 7) is 8.04. The molecule has 10 atom stereocenters. The molecule has 0 aliphatic rings. The molecule has 0 aromatic heterocycles. The van der Waals surface area contributed by atoms with E-state index in [9.17, 15) is 73.2 Å². The van der Waals surface area contributed by atoms with E-state index in [1.54, 1.807) is 58.0 Å². The second kappa shape index (κ2) is 31.8.